The Hall–Kier alpha value is -2.95. The lowest BCUT2D eigenvalue weighted by atomic mass is 10.1. The van der Waals surface area contributed by atoms with Crippen LogP contribution in [0.2, 0.25) is 0 Å². The summed E-state index contributed by atoms with van der Waals surface area (Å²) in [6.07, 6.45) is 1.62. The van der Waals surface area contributed by atoms with Crippen LogP contribution in [0.1, 0.15) is 22.3 Å². The van der Waals surface area contributed by atoms with Crippen molar-refractivity contribution in [2.24, 2.45) is 0 Å². The average molecular weight is 618 g/mol. The van der Waals surface area contributed by atoms with Crippen molar-refractivity contribution in [2.75, 3.05) is 0 Å². The second kappa shape index (κ2) is 10.8. The second-order valence-corrected chi connectivity index (χ2v) is 10.4. The lowest BCUT2D eigenvalue weighted by molar-refractivity contribution is -0.385. The molecule has 0 saturated carbocycles. The molecule has 0 atom stereocenters. The number of nitro groups is 1. The van der Waals surface area contributed by atoms with E-state index in [1.807, 2.05) is 25.1 Å². The number of hydrogen-bond donors (Lipinski definition) is 0. The van der Waals surface area contributed by atoms with Gasteiger partial charge in [-0.1, -0.05) is 48.0 Å². The zero-order valence-electron chi connectivity index (χ0n) is 18.4. The molecule has 1 fully saturated rings. The molecular formula is C25H18Br2N2O5S. The number of carbonyl (C=O) groups excluding carboxylic acids is 2. The van der Waals surface area contributed by atoms with E-state index in [1.165, 1.54) is 12.1 Å². The topological polar surface area (TPSA) is 89.8 Å². The first-order valence-electron chi connectivity index (χ1n) is 10.4. The zero-order chi connectivity index (χ0) is 25.1. The van der Waals surface area contributed by atoms with Crippen LogP contribution in [0.3, 0.4) is 0 Å². The van der Waals surface area contributed by atoms with Gasteiger partial charge in [0.1, 0.15) is 12.4 Å². The number of para-hydroxylation sites is 1. The Morgan fingerprint density at radius 2 is 1.77 bits per heavy atom. The number of thioether (sulfide) groups is 1. The molecule has 0 unspecified atom stereocenters. The molecule has 2 amide bonds. The van der Waals surface area contributed by atoms with E-state index < -0.39 is 16.1 Å². The first-order chi connectivity index (χ1) is 16.7. The molecule has 0 N–H and O–H groups in total. The van der Waals surface area contributed by atoms with Crippen LogP contribution in [-0.4, -0.2) is 21.0 Å². The van der Waals surface area contributed by atoms with Gasteiger partial charge in [0, 0.05) is 11.6 Å². The minimum Gasteiger partial charge on any atom is -0.487 e. The number of hydrogen-bond acceptors (Lipinski definition) is 6. The van der Waals surface area contributed by atoms with Crippen LogP contribution in [0.4, 0.5) is 10.5 Å². The molecule has 1 aliphatic heterocycles. The molecule has 0 spiro atoms. The van der Waals surface area contributed by atoms with E-state index in [-0.39, 0.29) is 17.1 Å². The second-order valence-electron chi connectivity index (χ2n) is 7.75. The van der Waals surface area contributed by atoms with Gasteiger partial charge < -0.3 is 4.74 Å². The van der Waals surface area contributed by atoms with Gasteiger partial charge in [-0.3, -0.25) is 24.6 Å². The van der Waals surface area contributed by atoms with Crippen LogP contribution < -0.4 is 4.74 Å². The van der Waals surface area contributed by atoms with E-state index in [0.717, 1.165) is 27.8 Å². The Morgan fingerprint density at radius 3 is 2.46 bits per heavy atom. The van der Waals surface area contributed by atoms with E-state index in [0.29, 0.717) is 32.4 Å². The molecule has 3 aromatic rings. The quantitative estimate of drug-likeness (QED) is 0.158. The summed E-state index contributed by atoms with van der Waals surface area (Å²) < 4.78 is 7.35. The summed E-state index contributed by atoms with van der Waals surface area (Å²) in [6.45, 7) is 2.24. The fourth-order valence-electron chi connectivity index (χ4n) is 3.54. The van der Waals surface area contributed by atoms with Gasteiger partial charge in [0.15, 0.2) is 0 Å². The van der Waals surface area contributed by atoms with Gasteiger partial charge in [0.25, 0.3) is 16.8 Å². The van der Waals surface area contributed by atoms with Gasteiger partial charge in [0.2, 0.25) is 0 Å². The van der Waals surface area contributed by atoms with Gasteiger partial charge >= 0.3 is 0 Å². The van der Waals surface area contributed by atoms with E-state index in [4.69, 9.17) is 4.74 Å². The minimum atomic E-state index is -0.526. The van der Waals surface area contributed by atoms with E-state index in [1.54, 1.807) is 30.3 Å². The third-order valence-corrected chi connectivity index (χ3v) is 7.26. The van der Waals surface area contributed by atoms with Gasteiger partial charge in [-0.2, -0.15) is 0 Å². The molecule has 178 valence electrons. The number of carbonyl (C=O) groups is 2. The normalized spacial score (nSPS) is 14.6. The third kappa shape index (κ3) is 5.83. The van der Waals surface area contributed by atoms with Crippen molar-refractivity contribution in [3.05, 3.63) is 107 Å². The van der Waals surface area contributed by atoms with E-state index >= 15 is 0 Å². The molecular weight excluding hydrogens is 600 g/mol. The third-order valence-electron chi connectivity index (χ3n) is 5.17. The highest BCUT2D eigenvalue weighted by molar-refractivity contribution is 9.11. The van der Waals surface area contributed by atoms with Crippen molar-refractivity contribution in [2.45, 2.75) is 20.1 Å². The molecule has 7 nitrogen and oxygen atoms in total. The fraction of sp³-hybridized carbons (Fsp3) is 0.120. The van der Waals surface area contributed by atoms with Gasteiger partial charge in [-0.25, -0.2) is 0 Å². The summed E-state index contributed by atoms with van der Waals surface area (Å²) in [4.78, 5) is 37.5. The van der Waals surface area contributed by atoms with Crippen LogP contribution in [0.25, 0.3) is 6.08 Å². The number of rotatable bonds is 7. The van der Waals surface area contributed by atoms with Crippen LogP contribution in [-0.2, 0) is 17.9 Å². The molecule has 0 bridgehead atoms. The lowest BCUT2D eigenvalue weighted by Crippen LogP contribution is -2.27. The summed E-state index contributed by atoms with van der Waals surface area (Å²) in [5.41, 5.74) is 3.03. The molecule has 35 heavy (non-hydrogen) atoms. The molecule has 0 aromatic heterocycles. The molecule has 1 heterocycles. The number of halogens is 2. The van der Waals surface area contributed by atoms with Gasteiger partial charge in [0.05, 0.1) is 25.3 Å². The highest BCUT2D eigenvalue weighted by Gasteiger charge is 2.36. The number of benzene rings is 3. The summed E-state index contributed by atoms with van der Waals surface area (Å²) in [7, 11) is 0. The monoisotopic (exact) mass is 616 g/mol. The number of ether oxygens (including phenoxy) is 1. The number of imide groups is 1. The maximum absolute atomic E-state index is 12.9. The average Bonchev–Trinajstić information content (AvgIpc) is 3.06. The Kier molecular flexibility index (Phi) is 7.73. The Morgan fingerprint density at radius 1 is 1.06 bits per heavy atom. The van der Waals surface area contributed by atoms with Crippen molar-refractivity contribution in [1.82, 2.24) is 4.90 Å². The highest BCUT2D eigenvalue weighted by atomic mass is 79.9. The minimum absolute atomic E-state index is 0.135. The molecule has 0 radical (unpaired) electrons. The summed E-state index contributed by atoms with van der Waals surface area (Å²) >= 11 is 7.85. The van der Waals surface area contributed by atoms with Crippen molar-refractivity contribution in [3.8, 4) is 5.75 Å². The van der Waals surface area contributed by atoms with Crippen molar-refractivity contribution in [3.63, 3.8) is 0 Å². The fourth-order valence-corrected chi connectivity index (χ4v) is 5.83. The van der Waals surface area contributed by atoms with Crippen LogP contribution in [0.15, 0.2) is 74.5 Å². The number of nitro benzene ring substituents is 1. The Balaban J connectivity index is 1.52. The number of nitrogens with zero attached hydrogens (tertiary/aromatic N) is 2. The summed E-state index contributed by atoms with van der Waals surface area (Å²) in [6, 6.07) is 17.7. The predicted molar refractivity (Wildman–Crippen MR) is 142 cm³/mol. The Bertz CT molecular complexity index is 1350. The van der Waals surface area contributed by atoms with E-state index in [9.17, 15) is 19.7 Å². The molecule has 1 aliphatic rings. The van der Waals surface area contributed by atoms with E-state index in [2.05, 4.69) is 37.9 Å². The smallest absolute Gasteiger partial charge is 0.293 e. The van der Waals surface area contributed by atoms with Crippen LogP contribution in [0.5, 0.6) is 5.75 Å². The number of aryl methyl sites for hydroxylation is 1. The summed E-state index contributed by atoms with van der Waals surface area (Å²) in [5.74, 6) is 0.123. The zero-order valence-corrected chi connectivity index (χ0v) is 22.4. The van der Waals surface area contributed by atoms with Crippen molar-refractivity contribution in [1.29, 1.82) is 0 Å². The molecule has 10 heteroatoms. The molecule has 1 saturated heterocycles. The predicted octanol–water partition coefficient (Wildman–Crippen LogP) is 7.24. The van der Waals surface area contributed by atoms with Crippen molar-refractivity contribution < 1.29 is 19.2 Å². The molecule has 0 aliphatic carbocycles. The van der Waals surface area contributed by atoms with Gasteiger partial charge in [-0.15, -0.1) is 0 Å². The van der Waals surface area contributed by atoms with Gasteiger partial charge in [-0.05, 0) is 79.9 Å². The molecule has 3 aromatic carbocycles. The van der Waals surface area contributed by atoms with Crippen LogP contribution >= 0.6 is 43.6 Å². The number of amides is 2. The SMILES string of the molecule is Cc1cccc(COc2c(Br)cc(/C=C3\SC(=O)N(Cc4ccccc4[N+](=O)[O-])C3=O)cc2Br)c1. The van der Waals surface area contributed by atoms with Crippen molar-refractivity contribution >= 4 is 66.5 Å². The highest BCUT2D eigenvalue weighted by Crippen LogP contribution is 2.38. The standard InChI is InChI=1S/C25H18Br2N2O5S/c1-15-5-4-6-16(9-15)14-34-23-19(26)10-17(11-20(23)27)12-22-24(30)28(25(31)35-22)13-18-7-2-3-8-21(18)29(32)33/h2-12H,13-14H2,1H3/b22-12-. The lowest BCUT2D eigenvalue weighted by Gasteiger charge is -2.13. The molecule has 4 rings (SSSR count). The van der Waals surface area contributed by atoms with Crippen LogP contribution in [0, 0.1) is 17.0 Å². The largest absolute Gasteiger partial charge is 0.487 e. The maximum Gasteiger partial charge on any atom is 0.293 e. The Labute approximate surface area is 222 Å². The maximum atomic E-state index is 12.9. The first kappa shape index (κ1) is 25.2. The first-order valence-corrected chi connectivity index (χ1v) is 12.8. The summed E-state index contributed by atoms with van der Waals surface area (Å²) in [5, 5.41) is 10.8.